The summed E-state index contributed by atoms with van der Waals surface area (Å²) < 4.78 is 7.06. The van der Waals surface area contributed by atoms with Crippen LogP contribution >= 0.6 is 11.3 Å². The fraction of sp³-hybridized carbons (Fsp3) is 0.417. The summed E-state index contributed by atoms with van der Waals surface area (Å²) in [6, 6.07) is 12.3. The van der Waals surface area contributed by atoms with Crippen LogP contribution in [0.5, 0.6) is 0 Å². The first-order valence-corrected chi connectivity index (χ1v) is 12.1. The zero-order chi connectivity index (χ0) is 23.2. The van der Waals surface area contributed by atoms with E-state index >= 15 is 0 Å². The Morgan fingerprint density at radius 2 is 2.12 bits per heavy atom. The number of H-pyrrole nitrogens is 1. The number of fused-ring (bicyclic) bond motifs is 1. The van der Waals surface area contributed by atoms with Crippen molar-refractivity contribution < 1.29 is 4.74 Å². The number of nitrogens with one attached hydrogen (secondary N) is 1. The van der Waals surface area contributed by atoms with Gasteiger partial charge in [0.25, 0.3) is 5.56 Å². The zero-order valence-corrected chi connectivity index (χ0v) is 20.1. The highest BCUT2D eigenvalue weighted by Crippen LogP contribution is 2.29. The van der Waals surface area contributed by atoms with E-state index in [0.29, 0.717) is 26.2 Å². The van der Waals surface area contributed by atoms with E-state index in [-0.39, 0.29) is 11.6 Å². The van der Waals surface area contributed by atoms with E-state index < -0.39 is 0 Å². The van der Waals surface area contributed by atoms with Crippen LogP contribution in [0.2, 0.25) is 0 Å². The molecule has 4 aromatic rings. The van der Waals surface area contributed by atoms with Crippen LogP contribution in [0.4, 0.5) is 0 Å². The van der Waals surface area contributed by atoms with Gasteiger partial charge in [-0.15, -0.1) is 16.4 Å². The molecule has 0 bridgehead atoms. The highest BCUT2D eigenvalue weighted by atomic mass is 32.1. The summed E-state index contributed by atoms with van der Waals surface area (Å²) in [7, 11) is 1.67. The Hall–Kier alpha value is -2.88. The Kier molecular flexibility index (Phi) is 7.64. The van der Waals surface area contributed by atoms with Gasteiger partial charge in [0, 0.05) is 36.2 Å². The van der Waals surface area contributed by atoms with Crippen molar-refractivity contribution in [3.8, 4) is 0 Å². The van der Waals surface area contributed by atoms with Gasteiger partial charge >= 0.3 is 0 Å². The third kappa shape index (κ3) is 5.55. The number of benzene rings is 1. The maximum Gasteiger partial charge on any atom is 0.252 e. The minimum atomic E-state index is -0.0569. The first-order valence-electron chi connectivity index (χ1n) is 11.2. The maximum absolute atomic E-state index is 13.0. The van der Waals surface area contributed by atoms with Gasteiger partial charge in [-0.1, -0.05) is 31.5 Å². The van der Waals surface area contributed by atoms with Crippen LogP contribution in [0.15, 0.2) is 46.6 Å². The molecule has 1 atom stereocenters. The lowest BCUT2D eigenvalue weighted by Gasteiger charge is -2.30. The number of aromatic amines is 1. The number of ether oxygens (including phenoxy) is 1. The molecule has 9 heteroatoms. The fourth-order valence-corrected chi connectivity index (χ4v) is 4.84. The van der Waals surface area contributed by atoms with Gasteiger partial charge in [0.2, 0.25) is 0 Å². The SMILES string of the molecule is CCC[C@H](c1nnnn1CCOC)N(Cc1cccs1)Cc1cc2ccc(C)cc2[nH]c1=O. The molecule has 174 valence electrons. The van der Waals surface area contributed by atoms with E-state index in [2.05, 4.69) is 62.0 Å². The van der Waals surface area contributed by atoms with Gasteiger partial charge in [0.15, 0.2) is 5.82 Å². The lowest BCUT2D eigenvalue weighted by atomic mass is 10.1. The number of pyridine rings is 1. The molecule has 0 aliphatic carbocycles. The molecule has 8 nitrogen and oxygen atoms in total. The summed E-state index contributed by atoms with van der Waals surface area (Å²) in [5, 5.41) is 15.6. The predicted octanol–water partition coefficient (Wildman–Crippen LogP) is 4.07. The van der Waals surface area contributed by atoms with E-state index in [4.69, 9.17) is 4.74 Å². The molecule has 0 saturated heterocycles. The van der Waals surface area contributed by atoms with Crippen molar-refractivity contribution in [1.29, 1.82) is 0 Å². The summed E-state index contributed by atoms with van der Waals surface area (Å²) in [6.45, 7) is 6.51. The summed E-state index contributed by atoms with van der Waals surface area (Å²) >= 11 is 1.71. The Balaban J connectivity index is 1.72. The van der Waals surface area contributed by atoms with E-state index in [1.54, 1.807) is 18.4 Å². The normalized spacial score (nSPS) is 12.6. The number of methoxy groups -OCH3 is 1. The van der Waals surface area contributed by atoms with Crippen LogP contribution in [0.25, 0.3) is 10.9 Å². The quantitative estimate of drug-likeness (QED) is 0.358. The zero-order valence-electron chi connectivity index (χ0n) is 19.3. The van der Waals surface area contributed by atoms with Gasteiger partial charge in [0.1, 0.15) is 0 Å². The topological polar surface area (TPSA) is 88.9 Å². The second-order valence-electron chi connectivity index (χ2n) is 8.26. The Morgan fingerprint density at radius 3 is 2.88 bits per heavy atom. The number of aromatic nitrogens is 5. The minimum absolute atomic E-state index is 0.0305. The molecule has 0 aliphatic heterocycles. The standard InChI is InChI=1S/C24H30N6O2S/c1-4-6-22(23-26-27-28-30(23)10-11-32-3)29(16-20-7-5-12-33-20)15-19-14-18-9-8-17(2)13-21(18)25-24(19)31/h5,7-9,12-14,22H,4,6,10-11,15-16H2,1-3H3,(H,25,31)/t22-/m1/s1. The number of nitrogens with zero attached hydrogens (tertiary/aromatic N) is 5. The van der Waals surface area contributed by atoms with Crippen molar-refractivity contribution in [3.63, 3.8) is 0 Å². The maximum atomic E-state index is 13.0. The number of hydrogen-bond donors (Lipinski definition) is 1. The number of thiophene rings is 1. The number of tetrazole rings is 1. The first kappa shape index (κ1) is 23.3. The monoisotopic (exact) mass is 466 g/mol. The molecule has 0 unspecified atom stereocenters. The molecule has 1 aromatic carbocycles. The third-order valence-corrected chi connectivity index (χ3v) is 6.62. The van der Waals surface area contributed by atoms with Crippen LogP contribution in [0.3, 0.4) is 0 Å². The Bertz CT molecular complexity index is 1230. The smallest absolute Gasteiger partial charge is 0.252 e. The van der Waals surface area contributed by atoms with Crippen LogP contribution in [-0.2, 0) is 24.4 Å². The van der Waals surface area contributed by atoms with Gasteiger partial charge < -0.3 is 9.72 Å². The van der Waals surface area contributed by atoms with Crippen LogP contribution in [-0.4, -0.2) is 43.8 Å². The number of aryl methyl sites for hydroxylation is 1. The lowest BCUT2D eigenvalue weighted by molar-refractivity contribution is 0.148. The Labute approximate surface area is 197 Å². The van der Waals surface area contributed by atoms with Gasteiger partial charge in [-0.3, -0.25) is 9.69 Å². The third-order valence-electron chi connectivity index (χ3n) is 5.76. The summed E-state index contributed by atoms with van der Waals surface area (Å²) in [4.78, 5) is 19.6. The van der Waals surface area contributed by atoms with Crippen molar-refractivity contribution in [3.05, 3.63) is 74.0 Å². The Morgan fingerprint density at radius 1 is 1.24 bits per heavy atom. The van der Waals surface area contributed by atoms with Crippen molar-refractivity contribution in [2.45, 2.75) is 52.4 Å². The van der Waals surface area contributed by atoms with Crippen LogP contribution < -0.4 is 5.56 Å². The molecule has 0 fully saturated rings. The van der Waals surface area contributed by atoms with Crippen LogP contribution in [0.1, 0.15) is 47.6 Å². The molecule has 0 saturated carbocycles. The van der Waals surface area contributed by atoms with E-state index in [9.17, 15) is 4.79 Å². The van der Waals surface area contributed by atoms with Gasteiger partial charge in [-0.25, -0.2) is 4.68 Å². The average Bonchev–Trinajstić information content (AvgIpc) is 3.48. The molecule has 0 amide bonds. The van der Waals surface area contributed by atoms with Crippen molar-refractivity contribution in [2.75, 3.05) is 13.7 Å². The van der Waals surface area contributed by atoms with Crippen molar-refractivity contribution >= 4 is 22.2 Å². The first-order chi connectivity index (χ1) is 16.1. The fourth-order valence-electron chi connectivity index (χ4n) is 4.11. The van der Waals surface area contributed by atoms with Crippen LogP contribution in [0, 0.1) is 6.92 Å². The van der Waals surface area contributed by atoms with Gasteiger partial charge in [0.05, 0.1) is 19.2 Å². The number of rotatable bonds is 11. The van der Waals surface area contributed by atoms with Gasteiger partial charge in [-0.05, 0) is 58.3 Å². The molecule has 4 rings (SSSR count). The molecule has 3 aromatic heterocycles. The van der Waals surface area contributed by atoms with E-state index in [1.807, 2.05) is 23.7 Å². The highest BCUT2D eigenvalue weighted by Gasteiger charge is 2.27. The summed E-state index contributed by atoms with van der Waals surface area (Å²) in [5.74, 6) is 0.804. The molecule has 0 radical (unpaired) electrons. The predicted molar refractivity (Wildman–Crippen MR) is 130 cm³/mol. The molecular weight excluding hydrogens is 436 g/mol. The summed E-state index contributed by atoms with van der Waals surface area (Å²) in [5.41, 5.74) is 2.66. The molecule has 0 aliphatic rings. The largest absolute Gasteiger partial charge is 0.383 e. The average molecular weight is 467 g/mol. The van der Waals surface area contributed by atoms with Crippen molar-refractivity contribution in [2.24, 2.45) is 0 Å². The minimum Gasteiger partial charge on any atom is -0.383 e. The summed E-state index contributed by atoms with van der Waals surface area (Å²) in [6.07, 6.45) is 1.85. The molecular formula is C24H30N6O2S. The number of hydrogen-bond acceptors (Lipinski definition) is 7. The van der Waals surface area contributed by atoms with Crippen molar-refractivity contribution in [1.82, 2.24) is 30.1 Å². The molecule has 3 heterocycles. The molecule has 33 heavy (non-hydrogen) atoms. The van der Waals surface area contributed by atoms with E-state index in [1.165, 1.54) is 4.88 Å². The lowest BCUT2D eigenvalue weighted by Crippen LogP contribution is -2.32. The second-order valence-corrected chi connectivity index (χ2v) is 9.29. The van der Waals surface area contributed by atoms with Gasteiger partial charge in [-0.2, -0.15) is 0 Å². The van der Waals surface area contributed by atoms with E-state index in [0.717, 1.165) is 40.7 Å². The second kappa shape index (κ2) is 10.8. The molecule has 0 spiro atoms. The highest BCUT2D eigenvalue weighted by molar-refractivity contribution is 7.09. The molecule has 1 N–H and O–H groups in total.